The van der Waals surface area contributed by atoms with Crippen molar-refractivity contribution < 1.29 is 17.4 Å². The van der Waals surface area contributed by atoms with Gasteiger partial charge in [-0.1, -0.05) is 72.8 Å². The van der Waals surface area contributed by atoms with Crippen molar-refractivity contribution in [1.82, 2.24) is 0 Å². The van der Waals surface area contributed by atoms with Crippen LogP contribution < -0.4 is 0 Å². The summed E-state index contributed by atoms with van der Waals surface area (Å²) in [5, 5.41) is 0. The summed E-state index contributed by atoms with van der Waals surface area (Å²) in [6.07, 6.45) is 3.70. The second-order valence-corrected chi connectivity index (χ2v) is 11.0. The Kier molecular flexibility index (Phi) is 13.7. The molecule has 4 nitrogen and oxygen atoms in total. The van der Waals surface area contributed by atoms with Crippen molar-refractivity contribution in [3.8, 4) is 0 Å². The monoisotopic (exact) mass is 608 g/mol. The summed E-state index contributed by atoms with van der Waals surface area (Å²) in [5.74, 6) is 0. The number of aryl methyl sites for hydroxylation is 8. The van der Waals surface area contributed by atoms with Crippen LogP contribution in [0.1, 0.15) is 58.4 Å². The third-order valence-corrected chi connectivity index (χ3v) is 7.10. The van der Waals surface area contributed by atoms with E-state index in [0.717, 1.165) is 34.2 Å². The molecule has 0 spiro atoms. The normalized spacial score (nSPS) is 11.9. The Bertz CT molecular complexity index is 1470. The summed E-state index contributed by atoms with van der Waals surface area (Å²) >= 11 is 0. The van der Waals surface area contributed by atoms with Crippen molar-refractivity contribution in [2.75, 3.05) is 0 Å². The molecular weight excluding hydrogens is 564 g/mol. The number of hydrogen-bond donors (Lipinski definition) is 0. The van der Waals surface area contributed by atoms with E-state index in [4.69, 9.17) is 9.98 Å². The topological polar surface area (TPSA) is 49.4 Å². The Balaban J connectivity index is 0.000000293. The Labute approximate surface area is 269 Å². The van der Waals surface area contributed by atoms with Gasteiger partial charge in [-0.25, -0.2) is 0 Å². The van der Waals surface area contributed by atoms with E-state index in [1.54, 1.807) is 0 Å². The molecule has 0 heterocycles. The van der Waals surface area contributed by atoms with Gasteiger partial charge in [-0.2, -0.15) is 0 Å². The molecule has 0 N–H and O–H groups in total. The molecule has 4 aromatic rings. The molecule has 4 aromatic carbocycles. The van der Waals surface area contributed by atoms with E-state index in [0.29, 0.717) is 0 Å². The first-order valence-electron chi connectivity index (χ1n) is 14.4. The molecule has 0 aliphatic heterocycles. The van der Waals surface area contributed by atoms with E-state index in [1.165, 1.54) is 44.5 Å². The van der Waals surface area contributed by atoms with Crippen LogP contribution >= 0.6 is 0 Å². The van der Waals surface area contributed by atoms with Gasteiger partial charge in [-0.05, 0) is 114 Å². The second-order valence-electron chi connectivity index (χ2n) is 11.0. The third-order valence-electron chi connectivity index (χ3n) is 7.10. The molecular formula is C38H44CrN4. The van der Waals surface area contributed by atoms with Gasteiger partial charge >= 0.3 is 0 Å². The summed E-state index contributed by atoms with van der Waals surface area (Å²) < 4.78 is 0. The van der Waals surface area contributed by atoms with Crippen molar-refractivity contribution in [3.05, 3.63) is 117 Å². The van der Waals surface area contributed by atoms with E-state index in [9.17, 15) is 0 Å². The first-order valence-corrected chi connectivity index (χ1v) is 14.4. The van der Waals surface area contributed by atoms with Gasteiger partial charge in [0, 0.05) is 29.8 Å². The molecule has 0 aliphatic rings. The molecule has 222 valence electrons. The Morgan fingerprint density at radius 1 is 0.395 bits per heavy atom. The largest absolute Gasteiger partial charge is 0.254 e. The maximum Gasteiger partial charge on any atom is 0.0691 e. The number of hydrogen-bond acceptors (Lipinski definition) is 4. The summed E-state index contributed by atoms with van der Waals surface area (Å²) in [6, 6.07) is 24.9. The zero-order chi connectivity index (χ0) is 30.8. The summed E-state index contributed by atoms with van der Waals surface area (Å²) in [6.45, 7) is 20.6. The van der Waals surface area contributed by atoms with Crippen molar-refractivity contribution in [2.24, 2.45) is 20.0 Å². The van der Waals surface area contributed by atoms with Crippen molar-refractivity contribution in [1.29, 1.82) is 0 Å². The van der Waals surface area contributed by atoms with Gasteiger partial charge in [0.25, 0.3) is 0 Å². The van der Waals surface area contributed by atoms with Gasteiger partial charge in [0.2, 0.25) is 0 Å². The van der Waals surface area contributed by atoms with Crippen LogP contribution in [0.2, 0.25) is 0 Å². The van der Waals surface area contributed by atoms with Crippen LogP contribution in [0.3, 0.4) is 0 Å². The molecule has 0 amide bonds. The molecule has 0 unspecified atom stereocenters. The zero-order valence-corrected chi connectivity index (χ0v) is 28.6. The van der Waals surface area contributed by atoms with Gasteiger partial charge in [0.15, 0.2) is 0 Å². The molecule has 0 bridgehead atoms. The van der Waals surface area contributed by atoms with Crippen LogP contribution in [0.5, 0.6) is 0 Å². The quantitative estimate of drug-likeness (QED) is 0.196. The van der Waals surface area contributed by atoms with Crippen LogP contribution in [-0.4, -0.2) is 23.9 Å². The molecule has 0 aromatic heterocycles. The Hall–Kier alpha value is -3.91. The van der Waals surface area contributed by atoms with Gasteiger partial charge in [0.05, 0.1) is 34.2 Å². The standard InChI is InChI=1S/2C19H22N2.Cr/c2*1-13-8-6-9-14(2)18(13)20-12-17(5)21-19-15(3)10-7-11-16(19)4;/h2*6-12H,1-5H3;. The molecule has 4 rings (SSSR count). The minimum atomic E-state index is 0. The van der Waals surface area contributed by atoms with Crippen LogP contribution in [-0.2, 0) is 17.4 Å². The minimum absolute atomic E-state index is 0. The van der Waals surface area contributed by atoms with Crippen molar-refractivity contribution >= 4 is 46.6 Å². The molecule has 0 fully saturated rings. The van der Waals surface area contributed by atoms with E-state index in [2.05, 4.69) is 138 Å². The summed E-state index contributed by atoms with van der Waals surface area (Å²) in [5.41, 5.74) is 15.5. The van der Waals surface area contributed by atoms with Gasteiger partial charge in [-0.15, -0.1) is 0 Å². The number of nitrogens with zero attached hydrogens (tertiary/aromatic N) is 4. The number of aliphatic imine (C=N–C) groups is 4. The average molecular weight is 609 g/mol. The van der Waals surface area contributed by atoms with Crippen LogP contribution in [0.25, 0.3) is 0 Å². The molecule has 5 heteroatoms. The maximum atomic E-state index is 4.70. The first-order chi connectivity index (χ1) is 20.0. The molecule has 0 atom stereocenters. The molecule has 43 heavy (non-hydrogen) atoms. The summed E-state index contributed by atoms with van der Waals surface area (Å²) in [4.78, 5) is 18.6. The predicted molar refractivity (Wildman–Crippen MR) is 186 cm³/mol. The SMILES string of the molecule is CC(C=Nc1c(C)cccc1C)=Nc1c(C)cccc1C.CC(C=Nc1c(C)cccc1C)=Nc1c(C)cccc1C.[Cr]. The molecule has 0 saturated heterocycles. The van der Waals surface area contributed by atoms with Crippen LogP contribution in [0.15, 0.2) is 92.8 Å². The zero-order valence-electron chi connectivity index (χ0n) is 27.3. The fraction of sp³-hybridized carbons (Fsp3) is 0.263. The number of rotatable bonds is 6. The van der Waals surface area contributed by atoms with Crippen molar-refractivity contribution in [2.45, 2.75) is 69.2 Å². The summed E-state index contributed by atoms with van der Waals surface area (Å²) in [7, 11) is 0. The fourth-order valence-corrected chi connectivity index (χ4v) is 4.71. The van der Waals surface area contributed by atoms with E-state index >= 15 is 0 Å². The average Bonchev–Trinajstić information content (AvgIpc) is 2.93. The number of benzene rings is 4. The van der Waals surface area contributed by atoms with Crippen LogP contribution in [0, 0.1) is 55.4 Å². The van der Waals surface area contributed by atoms with Crippen LogP contribution in [0.4, 0.5) is 22.7 Å². The molecule has 0 aliphatic carbocycles. The van der Waals surface area contributed by atoms with E-state index < -0.39 is 0 Å². The molecule has 0 saturated carbocycles. The minimum Gasteiger partial charge on any atom is -0.254 e. The first kappa shape index (κ1) is 35.3. The molecule has 0 radical (unpaired) electrons. The number of para-hydroxylation sites is 4. The fourth-order valence-electron chi connectivity index (χ4n) is 4.71. The Morgan fingerprint density at radius 2 is 0.605 bits per heavy atom. The van der Waals surface area contributed by atoms with Gasteiger partial charge < -0.3 is 0 Å². The predicted octanol–water partition coefficient (Wildman–Crippen LogP) is 10.8. The Morgan fingerprint density at radius 3 is 0.837 bits per heavy atom. The third kappa shape index (κ3) is 10.1. The second kappa shape index (κ2) is 16.7. The smallest absolute Gasteiger partial charge is 0.0691 e. The van der Waals surface area contributed by atoms with E-state index in [-0.39, 0.29) is 17.4 Å². The maximum absolute atomic E-state index is 4.70. The van der Waals surface area contributed by atoms with Gasteiger partial charge in [-0.3, -0.25) is 20.0 Å². The van der Waals surface area contributed by atoms with E-state index in [1.807, 2.05) is 26.3 Å². The van der Waals surface area contributed by atoms with Crippen molar-refractivity contribution in [3.63, 3.8) is 0 Å². The van der Waals surface area contributed by atoms with Gasteiger partial charge in [0.1, 0.15) is 0 Å².